The van der Waals surface area contributed by atoms with Gasteiger partial charge in [0, 0.05) is 17.7 Å². The number of hydrogen-bond donors (Lipinski definition) is 2. The van der Waals surface area contributed by atoms with Gasteiger partial charge in [-0.15, -0.1) is 0 Å². The number of para-hydroxylation sites is 1. The van der Waals surface area contributed by atoms with Crippen molar-refractivity contribution in [3.63, 3.8) is 0 Å². The van der Waals surface area contributed by atoms with Gasteiger partial charge in [-0.25, -0.2) is 0 Å². The van der Waals surface area contributed by atoms with Crippen molar-refractivity contribution in [3.8, 4) is 0 Å². The number of anilines is 1. The quantitative estimate of drug-likeness (QED) is 0.851. The van der Waals surface area contributed by atoms with Gasteiger partial charge in [0.25, 0.3) is 5.91 Å². The molecule has 4 heteroatoms. The van der Waals surface area contributed by atoms with Crippen molar-refractivity contribution in [2.24, 2.45) is 0 Å². The van der Waals surface area contributed by atoms with Gasteiger partial charge in [-0.3, -0.25) is 4.79 Å². The predicted molar refractivity (Wildman–Crippen MR) is 67.0 cm³/mol. The molecule has 2 aromatic rings. The summed E-state index contributed by atoms with van der Waals surface area (Å²) >= 11 is 1.56. The standard InChI is InChI=1S/C13H11NO2S/c15-12-13(16,7-9-5-6-17-8-9)10-3-1-2-4-11(10)14-12/h1-6,8,16H,7H2,(H,14,15). The van der Waals surface area contributed by atoms with Gasteiger partial charge in [-0.2, -0.15) is 11.3 Å². The smallest absolute Gasteiger partial charge is 0.261 e. The van der Waals surface area contributed by atoms with Crippen LogP contribution in [-0.2, 0) is 16.8 Å². The third-order valence-corrected chi connectivity index (χ3v) is 3.77. The Kier molecular flexibility index (Phi) is 2.28. The second-order valence-corrected chi connectivity index (χ2v) is 4.95. The van der Waals surface area contributed by atoms with Crippen LogP contribution in [0.1, 0.15) is 11.1 Å². The van der Waals surface area contributed by atoms with E-state index in [2.05, 4.69) is 5.32 Å². The summed E-state index contributed by atoms with van der Waals surface area (Å²) in [5.41, 5.74) is 0.910. The van der Waals surface area contributed by atoms with E-state index in [0.29, 0.717) is 17.7 Å². The van der Waals surface area contributed by atoms with Crippen LogP contribution in [0.3, 0.4) is 0 Å². The second kappa shape index (κ2) is 3.68. The number of fused-ring (bicyclic) bond motifs is 1. The summed E-state index contributed by atoms with van der Waals surface area (Å²) in [7, 11) is 0. The van der Waals surface area contributed by atoms with Crippen LogP contribution in [-0.4, -0.2) is 11.0 Å². The number of carbonyl (C=O) groups excluding carboxylic acids is 1. The first-order valence-corrected chi connectivity index (χ1v) is 6.29. The third kappa shape index (κ3) is 1.57. The van der Waals surface area contributed by atoms with Crippen molar-refractivity contribution < 1.29 is 9.90 Å². The minimum atomic E-state index is -1.43. The number of aliphatic hydroxyl groups is 1. The van der Waals surface area contributed by atoms with E-state index in [1.54, 1.807) is 23.5 Å². The predicted octanol–water partition coefficient (Wildman–Crippen LogP) is 2.13. The lowest BCUT2D eigenvalue weighted by Crippen LogP contribution is -2.36. The lowest BCUT2D eigenvalue weighted by Gasteiger charge is -2.20. The molecule has 1 aliphatic rings. The molecule has 3 rings (SSSR count). The van der Waals surface area contributed by atoms with Crippen LogP contribution in [0.25, 0.3) is 0 Å². The maximum atomic E-state index is 11.9. The minimum absolute atomic E-state index is 0.319. The fourth-order valence-electron chi connectivity index (χ4n) is 2.16. The number of benzene rings is 1. The molecular weight excluding hydrogens is 234 g/mol. The van der Waals surface area contributed by atoms with E-state index in [9.17, 15) is 9.90 Å². The van der Waals surface area contributed by atoms with Crippen LogP contribution in [0.4, 0.5) is 5.69 Å². The Morgan fingerprint density at radius 1 is 1.29 bits per heavy atom. The summed E-state index contributed by atoms with van der Waals surface area (Å²) in [4.78, 5) is 11.9. The molecule has 0 saturated heterocycles. The SMILES string of the molecule is O=C1Nc2ccccc2C1(O)Cc1ccsc1. The summed E-state index contributed by atoms with van der Waals surface area (Å²) in [6.07, 6.45) is 0.319. The maximum absolute atomic E-state index is 11.9. The van der Waals surface area contributed by atoms with Gasteiger partial charge < -0.3 is 10.4 Å². The molecule has 17 heavy (non-hydrogen) atoms. The molecule has 0 saturated carbocycles. The largest absolute Gasteiger partial charge is 0.375 e. The molecule has 1 atom stereocenters. The molecule has 1 unspecified atom stereocenters. The molecule has 1 aliphatic heterocycles. The summed E-state index contributed by atoms with van der Waals surface area (Å²) in [6, 6.07) is 9.20. The molecular formula is C13H11NO2S. The average Bonchev–Trinajstić information content (AvgIpc) is 2.89. The molecule has 2 heterocycles. The summed E-state index contributed by atoms with van der Waals surface area (Å²) in [5, 5.41) is 17.2. The van der Waals surface area contributed by atoms with Gasteiger partial charge in [0.15, 0.2) is 5.60 Å². The zero-order valence-corrected chi connectivity index (χ0v) is 9.83. The Labute approximate surface area is 103 Å². The van der Waals surface area contributed by atoms with Crippen LogP contribution in [0.15, 0.2) is 41.1 Å². The van der Waals surface area contributed by atoms with Crippen molar-refractivity contribution in [1.29, 1.82) is 0 Å². The molecule has 0 spiro atoms. The lowest BCUT2D eigenvalue weighted by atomic mass is 9.89. The van der Waals surface area contributed by atoms with E-state index >= 15 is 0 Å². The molecule has 0 fully saturated rings. The number of nitrogens with one attached hydrogen (secondary N) is 1. The Bertz CT molecular complexity index is 565. The van der Waals surface area contributed by atoms with Gasteiger partial charge in [0.2, 0.25) is 0 Å². The number of amides is 1. The minimum Gasteiger partial charge on any atom is -0.375 e. The fraction of sp³-hybridized carbons (Fsp3) is 0.154. The zero-order chi connectivity index (χ0) is 11.9. The van der Waals surface area contributed by atoms with Crippen LogP contribution in [0.2, 0.25) is 0 Å². The van der Waals surface area contributed by atoms with E-state index in [-0.39, 0.29) is 5.91 Å². The first-order valence-electron chi connectivity index (χ1n) is 5.34. The molecule has 1 amide bonds. The Hall–Kier alpha value is -1.65. The zero-order valence-electron chi connectivity index (χ0n) is 9.01. The first-order chi connectivity index (χ1) is 8.20. The Morgan fingerprint density at radius 3 is 2.88 bits per heavy atom. The van der Waals surface area contributed by atoms with Gasteiger partial charge in [-0.05, 0) is 28.5 Å². The molecule has 1 aromatic carbocycles. The van der Waals surface area contributed by atoms with Crippen molar-refractivity contribution in [2.45, 2.75) is 12.0 Å². The summed E-state index contributed by atoms with van der Waals surface area (Å²) in [5.74, 6) is -0.343. The molecule has 86 valence electrons. The number of rotatable bonds is 2. The normalized spacial score (nSPS) is 22.3. The number of hydrogen-bond acceptors (Lipinski definition) is 3. The maximum Gasteiger partial charge on any atom is 0.261 e. The van der Waals surface area contributed by atoms with Gasteiger partial charge in [0.1, 0.15) is 0 Å². The fourth-order valence-corrected chi connectivity index (χ4v) is 2.83. The van der Waals surface area contributed by atoms with Gasteiger partial charge in [-0.1, -0.05) is 18.2 Å². The van der Waals surface area contributed by atoms with Crippen molar-refractivity contribution >= 4 is 22.9 Å². The molecule has 0 bridgehead atoms. The summed E-state index contributed by atoms with van der Waals surface area (Å²) < 4.78 is 0. The topological polar surface area (TPSA) is 49.3 Å². The van der Waals surface area contributed by atoms with Crippen molar-refractivity contribution in [1.82, 2.24) is 0 Å². The highest BCUT2D eigenvalue weighted by atomic mass is 32.1. The average molecular weight is 245 g/mol. The van der Waals surface area contributed by atoms with Crippen LogP contribution >= 0.6 is 11.3 Å². The Morgan fingerprint density at radius 2 is 2.12 bits per heavy atom. The highest BCUT2D eigenvalue weighted by Gasteiger charge is 2.44. The van der Waals surface area contributed by atoms with E-state index in [1.807, 2.05) is 29.0 Å². The highest BCUT2D eigenvalue weighted by Crippen LogP contribution is 2.38. The molecule has 0 radical (unpaired) electrons. The van der Waals surface area contributed by atoms with Crippen LogP contribution in [0, 0.1) is 0 Å². The molecule has 2 N–H and O–H groups in total. The van der Waals surface area contributed by atoms with E-state index in [4.69, 9.17) is 0 Å². The van der Waals surface area contributed by atoms with Crippen molar-refractivity contribution in [2.75, 3.05) is 5.32 Å². The molecule has 3 nitrogen and oxygen atoms in total. The van der Waals surface area contributed by atoms with E-state index in [1.165, 1.54) is 0 Å². The number of carbonyl (C=O) groups is 1. The Balaban J connectivity index is 2.04. The van der Waals surface area contributed by atoms with Crippen LogP contribution < -0.4 is 5.32 Å². The highest BCUT2D eigenvalue weighted by molar-refractivity contribution is 7.07. The van der Waals surface area contributed by atoms with Crippen LogP contribution in [0.5, 0.6) is 0 Å². The third-order valence-electron chi connectivity index (χ3n) is 3.04. The summed E-state index contributed by atoms with van der Waals surface area (Å²) in [6.45, 7) is 0. The van der Waals surface area contributed by atoms with E-state index in [0.717, 1.165) is 5.56 Å². The van der Waals surface area contributed by atoms with Crippen molar-refractivity contribution in [3.05, 3.63) is 52.2 Å². The first kappa shape index (κ1) is 10.5. The second-order valence-electron chi connectivity index (χ2n) is 4.17. The molecule has 0 aliphatic carbocycles. The monoisotopic (exact) mass is 245 g/mol. The van der Waals surface area contributed by atoms with Gasteiger partial charge >= 0.3 is 0 Å². The van der Waals surface area contributed by atoms with Gasteiger partial charge in [0.05, 0.1) is 0 Å². The van der Waals surface area contributed by atoms with E-state index < -0.39 is 5.60 Å². The lowest BCUT2D eigenvalue weighted by molar-refractivity contribution is -0.133. The number of thiophene rings is 1. The molecule has 1 aromatic heterocycles.